The molecular weight excluding hydrogens is 1280 g/mol. The molecule has 488 valence electrons. The van der Waals surface area contributed by atoms with Gasteiger partial charge < -0.3 is 56.2 Å². The third-order valence-electron chi connectivity index (χ3n) is 14.2. The molecule has 6 aromatic heterocycles. The molecular formula is C68H78BrClN20O4. The predicted molar refractivity (Wildman–Crippen MR) is 381 cm³/mol. The van der Waals surface area contributed by atoms with Crippen LogP contribution in [0.2, 0.25) is 0 Å². The van der Waals surface area contributed by atoms with Crippen molar-refractivity contribution in [2.24, 2.45) is 10.7 Å². The average Bonchev–Trinajstić information content (AvgIpc) is 1.54. The Bertz CT molecular complexity index is 4150. The molecule has 0 amide bonds. The largest absolute Gasteiger partial charge is 0.399 e. The molecule has 14 rings (SSSR count). The second-order valence-electron chi connectivity index (χ2n) is 20.3. The van der Waals surface area contributed by atoms with E-state index in [1.807, 2.05) is 222 Å². The van der Waals surface area contributed by atoms with Gasteiger partial charge in [0, 0.05) is 126 Å². The third-order valence-corrected chi connectivity index (χ3v) is 14.2. The quantitative estimate of drug-likeness (QED) is 0.0264. The fraction of sp³-hybridized carbons (Fsp3) is 0.250. The number of rotatable bonds is 11. The Kier molecular flexibility index (Phi) is 28.1. The summed E-state index contributed by atoms with van der Waals surface area (Å²) in [6.07, 6.45) is 7.73. The van der Waals surface area contributed by atoms with Crippen molar-refractivity contribution in [3.63, 3.8) is 0 Å². The van der Waals surface area contributed by atoms with Crippen molar-refractivity contribution in [3.05, 3.63) is 188 Å². The Balaban J connectivity index is 0.000000179. The summed E-state index contributed by atoms with van der Waals surface area (Å²) < 4.78 is 26.8. The van der Waals surface area contributed by atoms with Gasteiger partial charge >= 0.3 is 0 Å². The molecule has 9 heterocycles. The van der Waals surface area contributed by atoms with E-state index >= 15 is 0 Å². The van der Waals surface area contributed by atoms with Gasteiger partial charge in [-0.05, 0) is 147 Å². The van der Waals surface area contributed by atoms with Gasteiger partial charge in [0.05, 0.1) is 45.3 Å². The predicted octanol–water partition coefficient (Wildman–Crippen LogP) is 11.5. The van der Waals surface area contributed by atoms with Crippen LogP contribution in [-0.4, -0.2) is 142 Å². The number of nitrogens with one attached hydrogen (secondary N) is 2. The van der Waals surface area contributed by atoms with Gasteiger partial charge in [-0.1, -0.05) is 43.8 Å². The van der Waals surface area contributed by atoms with Crippen molar-refractivity contribution >= 4 is 96.7 Å². The number of nitrogens with two attached hydrogens (primary N) is 3. The topological polar surface area (TPSA) is 299 Å². The average molecular weight is 1350 g/mol. The van der Waals surface area contributed by atoms with E-state index in [4.69, 9.17) is 61.6 Å². The van der Waals surface area contributed by atoms with Crippen molar-refractivity contribution in [1.82, 2.24) is 43.8 Å². The molecule has 3 fully saturated rings. The van der Waals surface area contributed by atoms with E-state index in [1.54, 1.807) is 4.98 Å². The zero-order chi connectivity index (χ0) is 64.3. The van der Waals surface area contributed by atoms with Gasteiger partial charge in [-0.3, -0.25) is 5.32 Å². The third kappa shape index (κ3) is 20.1. The molecule has 3 aliphatic rings. The van der Waals surface area contributed by atoms with Crippen LogP contribution in [-0.2, 0) is 18.9 Å². The summed E-state index contributed by atoms with van der Waals surface area (Å²) in [5, 5.41) is 35.5. The van der Waals surface area contributed by atoms with Crippen molar-refractivity contribution in [3.8, 4) is 45.3 Å². The number of aliphatic imine (C=N–C) groups is 1. The second-order valence-corrected chi connectivity index (χ2v) is 20.7. The summed E-state index contributed by atoms with van der Waals surface area (Å²) in [6, 6.07) is 54.1. The summed E-state index contributed by atoms with van der Waals surface area (Å²) in [7, 11) is 0. The summed E-state index contributed by atoms with van der Waals surface area (Å²) in [5.74, 6) is 5.16. The lowest BCUT2D eigenvalue weighted by molar-refractivity contribution is 0.122. The number of ether oxygens (including phenoxy) is 4. The molecule has 3 saturated heterocycles. The Hall–Kier alpha value is -10.4. The summed E-state index contributed by atoms with van der Waals surface area (Å²) in [5.41, 5.74) is 26.9. The molecule has 0 radical (unpaired) electrons. The number of nitrogens with zero attached hydrogens (tertiary/aromatic N) is 15. The Morgan fingerprint density at radius 1 is 0.511 bits per heavy atom. The number of hydrogen-bond donors (Lipinski definition) is 5. The Labute approximate surface area is 561 Å². The number of nitrogen functional groups attached to an aromatic ring is 2. The van der Waals surface area contributed by atoms with E-state index in [0.717, 1.165) is 145 Å². The minimum Gasteiger partial charge on any atom is -0.399 e. The van der Waals surface area contributed by atoms with Gasteiger partial charge in [-0.2, -0.15) is 10.5 Å². The SMILES string of the molecule is C.CCOCC.Cl.N#CBr.N#CNc1ccc(-c2nc(N3CCOCC3)c3cccn3n2)cc1.NC(=Nc1ccc(-c2nc(N3CCOCC3)c3cccn3n2)cc1)Nc1ccccc1.Nc1ccc(-c2nc(N3CCOCC3)c3cccn3n2)cc1.Nc1ccccc1. The number of guanidine groups is 1. The van der Waals surface area contributed by atoms with Crippen LogP contribution in [0.5, 0.6) is 0 Å². The van der Waals surface area contributed by atoms with Gasteiger partial charge in [-0.15, -0.1) is 27.7 Å². The van der Waals surface area contributed by atoms with Crippen LogP contribution in [0.1, 0.15) is 21.3 Å². The van der Waals surface area contributed by atoms with E-state index in [-0.39, 0.29) is 19.8 Å². The lowest BCUT2D eigenvalue weighted by Gasteiger charge is -2.28. The number of halogens is 2. The Morgan fingerprint density at radius 3 is 1.20 bits per heavy atom. The van der Waals surface area contributed by atoms with Gasteiger partial charge in [0.2, 0.25) is 0 Å². The van der Waals surface area contributed by atoms with Gasteiger partial charge in [0.15, 0.2) is 47.1 Å². The molecule has 8 N–H and O–H groups in total. The first-order chi connectivity index (χ1) is 45.1. The molecule has 0 unspecified atom stereocenters. The number of hydrogen-bond acceptors (Lipinski definition) is 19. The number of para-hydroxylation sites is 2. The lowest BCUT2D eigenvalue weighted by Crippen LogP contribution is -2.37. The fourth-order valence-corrected chi connectivity index (χ4v) is 9.72. The van der Waals surface area contributed by atoms with Crippen LogP contribution >= 0.6 is 28.3 Å². The summed E-state index contributed by atoms with van der Waals surface area (Å²) in [4.78, 5) is 27.2. The molecule has 26 heteroatoms. The first-order valence-corrected chi connectivity index (χ1v) is 30.7. The molecule has 0 bridgehead atoms. The second kappa shape index (κ2) is 37.2. The molecule has 0 spiro atoms. The van der Waals surface area contributed by atoms with Crippen molar-refractivity contribution < 1.29 is 18.9 Å². The van der Waals surface area contributed by atoms with Gasteiger partial charge in [-0.25, -0.2) is 33.5 Å². The summed E-state index contributed by atoms with van der Waals surface area (Å²) in [6.45, 7) is 14.9. The monoisotopic (exact) mass is 1350 g/mol. The number of aromatic nitrogens is 9. The van der Waals surface area contributed by atoms with Crippen molar-refractivity contribution in [1.29, 1.82) is 10.5 Å². The standard InChI is InChI=1S/C23H23N7O.C17H16N6O.C16H17N5O.C6H7N.C4H10O.CBrN.CH4.ClH/c24-23(25-18-5-2-1-3-6-18)26-19-10-8-17(9-11-19)21-27-22(29-13-15-31-16-14-29)20-7-4-12-30(20)28-21;18-12-19-14-5-3-13(4-6-14)16-20-17(22-8-10-24-11-9-22)15-2-1-7-23(15)21-16;17-13-5-3-12(4-6-13)15-18-16(20-8-10-22-11-9-20)14-2-1-7-21(14)19-15;7-6-4-2-1-3-5-6;1-3-5-4-2;2-1-3;;/h1-12H,13-16H2,(H3,24,25,26);1-7,19H,8-11H2;1-7H,8-11,17H2;1-5H,7H2;3-4H2,1-2H3;;1H4;1H. The van der Waals surface area contributed by atoms with Gasteiger partial charge in [0.1, 0.15) is 21.5 Å². The lowest BCUT2D eigenvalue weighted by atomic mass is 10.2. The van der Waals surface area contributed by atoms with Crippen LogP contribution in [0.4, 0.5) is 45.9 Å². The van der Waals surface area contributed by atoms with E-state index in [2.05, 4.69) is 61.6 Å². The van der Waals surface area contributed by atoms with E-state index in [1.165, 1.54) is 0 Å². The van der Waals surface area contributed by atoms with Crippen LogP contribution in [0.15, 0.2) is 193 Å². The van der Waals surface area contributed by atoms with Crippen molar-refractivity contribution in [2.45, 2.75) is 21.3 Å². The first-order valence-electron chi connectivity index (χ1n) is 30.0. The van der Waals surface area contributed by atoms with Crippen LogP contribution in [0, 0.1) is 21.7 Å². The normalized spacial score (nSPS) is 13.3. The molecule has 5 aromatic carbocycles. The zero-order valence-corrected chi connectivity index (χ0v) is 54.1. The molecule has 0 atom stereocenters. The van der Waals surface area contributed by atoms with E-state index in [9.17, 15) is 0 Å². The Morgan fingerprint density at radius 2 is 0.862 bits per heavy atom. The molecule has 24 nitrogen and oxygen atoms in total. The highest BCUT2D eigenvalue weighted by molar-refractivity contribution is 9.12. The minimum absolute atomic E-state index is 0. The number of morpholine rings is 3. The molecule has 94 heavy (non-hydrogen) atoms. The van der Waals surface area contributed by atoms with E-state index in [0.29, 0.717) is 49.9 Å². The number of nitriles is 2. The maximum atomic E-state index is 8.68. The highest BCUT2D eigenvalue weighted by Crippen LogP contribution is 2.29. The van der Waals surface area contributed by atoms with Crippen LogP contribution in [0.3, 0.4) is 0 Å². The number of fused-ring (bicyclic) bond motifs is 3. The van der Waals surface area contributed by atoms with Crippen molar-refractivity contribution in [2.75, 3.05) is 129 Å². The number of benzene rings is 5. The number of anilines is 7. The highest BCUT2D eigenvalue weighted by Gasteiger charge is 2.21. The maximum Gasteiger partial charge on any atom is 0.198 e. The fourth-order valence-electron chi connectivity index (χ4n) is 9.72. The van der Waals surface area contributed by atoms with E-state index < -0.39 is 0 Å². The molecule has 3 aliphatic heterocycles. The maximum absolute atomic E-state index is 8.68. The smallest absolute Gasteiger partial charge is 0.198 e. The zero-order valence-electron chi connectivity index (χ0n) is 51.7. The summed E-state index contributed by atoms with van der Waals surface area (Å²) >= 11 is 2.45. The molecule has 0 aliphatic carbocycles. The molecule has 11 aromatic rings. The highest BCUT2D eigenvalue weighted by atomic mass is 79.9. The van der Waals surface area contributed by atoms with Gasteiger partial charge in [0.25, 0.3) is 0 Å². The van der Waals surface area contributed by atoms with Crippen LogP contribution < -0.4 is 42.5 Å². The van der Waals surface area contributed by atoms with Crippen LogP contribution in [0.25, 0.3) is 50.7 Å². The first kappa shape index (κ1) is 71.1. The molecule has 0 saturated carbocycles. The minimum atomic E-state index is 0.